The van der Waals surface area contributed by atoms with E-state index in [0.29, 0.717) is 25.0 Å². The molecule has 1 aromatic rings. The lowest BCUT2D eigenvalue weighted by atomic mass is 10.2. The van der Waals surface area contributed by atoms with Crippen molar-refractivity contribution in [2.75, 3.05) is 25.1 Å². The van der Waals surface area contributed by atoms with Gasteiger partial charge in [-0.25, -0.2) is 4.98 Å². The Labute approximate surface area is 107 Å². The van der Waals surface area contributed by atoms with Crippen molar-refractivity contribution in [3.63, 3.8) is 0 Å². The Morgan fingerprint density at radius 3 is 2.78 bits per heavy atom. The number of anilines is 1. The molecule has 0 amide bonds. The van der Waals surface area contributed by atoms with E-state index in [1.165, 1.54) is 0 Å². The van der Waals surface area contributed by atoms with Gasteiger partial charge in [-0.1, -0.05) is 6.92 Å². The number of aryl methyl sites for hydroxylation is 1. The van der Waals surface area contributed by atoms with Gasteiger partial charge in [0, 0.05) is 25.4 Å². The van der Waals surface area contributed by atoms with Crippen molar-refractivity contribution in [1.29, 1.82) is 0 Å². The molecule has 6 nitrogen and oxygen atoms in total. The summed E-state index contributed by atoms with van der Waals surface area (Å²) in [5, 5.41) is 8.88. The number of hydrogen-bond donors (Lipinski definition) is 1. The SMILES string of the molecule is CCOc1cc(C)nc(N(C)CC(C)C(=O)O)n1. The van der Waals surface area contributed by atoms with E-state index in [2.05, 4.69) is 9.97 Å². The first-order chi connectivity index (χ1) is 8.43. The number of ether oxygens (including phenoxy) is 1. The van der Waals surface area contributed by atoms with Crippen molar-refractivity contribution >= 4 is 11.9 Å². The largest absolute Gasteiger partial charge is 0.481 e. The van der Waals surface area contributed by atoms with Gasteiger partial charge in [0.15, 0.2) is 0 Å². The number of aliphatic carboxylic acids is 1. The molecule has 100 valence electrons. The highest BCUT2D eigenvalue weighted by Gasteiger charge is 2.16. The topological polar surface area (TPSA) is 75.5 Å². The van der Waals surface area contributed by atoms with Crippen LogP contribution in [0.25, 0.3) is 0 Å². The number of carboxylic acid groups (broad SMARTS) is 1. The van der Waals surface area contributed by atoms with Crippen LogP contribution in [0, 0.1) is 12.8 Å². The zero-order chi connectivity index (χ0) is 13.7. The maximum absolute atomic E-state index is 10.8. The molecule has 1 unspecified atom stereocenters. The highest BCUT2D eigenvalue weighted by molar-refractivity contribution is 5.70. The van der Waals surface area contributed by atoms with Crippen molar-refractivity contribution in [3.8, 4) is 5.88 Å². The van der Waals surface area contributed by atoms with Crippen LogP contribution >= 0.6 is 0 Å². The minimum atomic E-state index is -0.834. The van der Waals surface area contributed by atoms with E-state index in [0.717, 1.165) is 5.69 Å². The highest BCUT2D eigenvalue weighted by Crippen LogP contribution is 2.15. The molecule has 1 atom stereocenters. The van der Waals surface area contributed by atoms with Gasteiger partial charge in [0.25, 0.3) is 0 Å². The van der Waals surface area contributed by atoms with Crippen molar-refractivity contribution in [2.45, 2.75) is 20.8 Å². The van der Waals surface area contributed by atoms with Crippen LogP contribution in [0.15, 0.2) is 6.07 Å². The fourth-order valence-electron chi connectivity index (χ4n) is 1.49. The van der Waals surface area contributed by atoms with Gasteiger partial charge in [0.05, 0.1) is 12.5 Å². The van der Waals surface area contributed by atoms with Gasteiger partial charge in [0.1, 0.15) is 0 Å². The molecule has 0 saturated carbocycles. The summed E-state index contributed by atoms with van der Waals surface area (Å²) in [7, 11) is 1.77. The maximum atomic E-state index is 10.8. The molecule has 0 fully saturated rings. The van der Waals surface area contributed by atoms with E-state index in [9.17, 15) is 4.79 Å². The standard InChI is InChI=1S/C12H19N3O3/c1-5-18-10-6-9(3)13-12(14-10)15(4)7-8(2)11(16)17/h6,8H,5,7H2,1-4H3,(H,16,17). The van der Waals surface area contributed by atoms with Crippen LogP contribution in [0.3, 0.4) is 0 Å². The smallest absolute Gasteiger partial charge is 0.308 e. The average molecular weight is 253 g/mol. The molecule has 0 radical (unpaired) electrons. The Balaban J connectivity index is 2.84. The van der Waals surface area contributed by atoms with Crippen LogP contribution in [0.5, 0.6) is 5.88 Å². The van der Waals surface area contributed by atoms with Crippen LogP contribution in [0.2, 0.25) is 0 Å². The molecular formula is C12H19N3O3. The second kappa shape index (κ2) is 6.18. The molecular weight excluding hydrogens is 234 g/mol. The maximum Gasteiger partial charge on any atom is 0.308 e. The first-order valence-electron chi connectivity index (χ1n) is 5.86. The molecule has 0 aromatic carbocycles. The molecule has 18 heavy (non-hydrogen) atoms. The normalized spacial score (nSPS) is 12.0. The third-order valence-corrected chi connectivity index (χ3v) is 2.42. The lowest BCUT2D eigenvalue weighted by molar-refractivity contribution is -0.140. The van der Waals surface area contributed by atoms with Gasteiger partial charge in [-0.05, 0) is 13.8 Å². The highest BCUT2D eigenvalue weighted by atomic mass is 16.5. The van der Waals surface area contributed by atoms with Gasteiger partial charge in [-0.15, -0.1) is 0 Å². The van der Waals surface area contributed by atoms with Crippen LogP contribution < -0.4 is 9.64 Å². The molecule has 1 rings (SSSR count). The fraction of sp³-hybridized carbons (Fsp3) is 0.583. The first-order valence-corrected chi connectivity index (χ1v) is 5.86. The lowest BCUT2D eigenvalue weighted by Gasteiger charge is -2.20. The minimum absolute atomic E-state index is 0.352. The molecule has 0 spiro atoms. The van der Waals surface area contributed by atoms with Crippen molar-refractivity contribution in [2.24, 2.45) is 5.92 Å². The van der Waals surface area contributed by atoms with E-state index < -0.39 is 11.9 Å². The van der Waals surface area contributed by atoms with Crippen LogP contribution in [-0.2, 0) is 4.79 Å². The van der Waals surface area contributed by atoms with Crippen molar-refractivity contribution in [3.05, 3.63) is 11.8 Å². The summed E-state index contributed by atoms with van der Waals surface area (Å²) < 4.78 is 5.34. The Morgan fingerprint density at radius 1 is 1.56 bits per heavy atom. The Bertz CT molecular complexity index is 423. The van der Waals surface area contributed by atoms with Crippen molar-refractivity contribution < 1.29 is 14.6 Å². The van der Waals surface area contributed by atoms with E-state index >= 15 is 0 Å². The lowest BCUT2D eigenvalue weighted by Crippen LogP contribution is -2.29. The zero-order valence-electron chi connectivity index (χ0n) is 11.2. The number of carbonyl (C=O) groups is 1. The third-order valence-electron chi connectivity index (χ3n) is 2.42. The number of nitrogens with zero attached hydrogens (tertiary/aromatic N) is 3. The van der Waals surface area contributed by atoms with E-state index in [1.807, 2.05) is 13.8 Å². The van der Waals surface area contributed by atoms with Crippen LogP contribution in [0.4, 0.5) is 5.95 Å². The van der Waals surface area contributed by atoms with E-state index in [1.54, 1.807) is 24.9 Å². The summed E-state index contributed by atoms with van der Waals surface area (Å²) >= 11 is 0. The first kappa shape index (κ1) is 14.2. The minimum Gasteiger partial charge on any atom is -0.481 e. The predicted octanol–water partition coefficient (Wildman–Crippen LogP) is 1.34. The second-order valence-corrected chi connectivity index (χ2v) is 4.20. The number of rotatable bonds is 6. The fourth-order valence-corrected chi connectivity index (χ4v) is 1.49. The van der Waals surface area contributed by atoms with Gasteiger partial charge in [0.2, 0.25) is 11.8 Å². The Hall–Kier alpha value is -1.85. The summed E-state index contributed by atoms with van der Waals surface area (Å²) in [5.74, 6) is -0.324. The molecule has 0 saturated heterocycles. The Kier molecular flexibility index (Phi) is 4.88. The van der Waals surface area contributed by atoms with Crippen LogP contribution in [-0.4, -0.2) is 41.2 Å². The molecule has 0 aliphatic rings. The molecule has 1 aromatic heterocycles. The number of aromatic nitrogens is 2. The summed E-state index contributed by atoms with van der Waals surface area (Å²) in [4.78, 5) is 21.0. The Morgan fingerprint density at radius 2 is 2.22 bits per heavy atom. The molecule has 1 N–H and O–H groups in total. The van der Waals surface area contributed by atoms with Crippen LogP contribution in [0.1, 0.15) is 19.5 Å². The number of hydrogen-bond acceptors (Lipinski definition) is 5. The molecule has 0 aliphatic carbocycles. The van der Waals surface area contributed by atoms with E-state index in [-0.39, 0.29) is 0 Å². The summed E-state index contributed by atoms with van der Waals surface area (Å²) in [6.07, 6.45) is 0. The van der Waals surface area contributed by atoms with Gasteiger partial charge >= 0.3 is 5.97 Å². The van der Waals surface area contributed by atoms with Gasteiger partial charge in [-0.3, -0.25) is 4.79 Å². The average Bonchev–Trinajstić information content (AvgIpc) is 2.28. The molecule has 1 heterocycles. The molecule has 6 heteroatoms. The zero-order valence-corrected chi connectivity index (χ0v) is 11.2. The van der Waals surface area contributed by atoms with E-state index in [4.69, 9.17) is 9.84 Å². The monoisotopic (exact) mass is 253 g/mol. The third kappa shape index (κ3) is 3.87. The van der Waals surface area contributed by atoms with Gasteiger partial charge < -0.3 is 14.7 Å². The predicted molar refractivity (Wildman–Crippen MR) is 68.0 cm³/mol. The quantitative estimate of drug-likeness (QED) is 0.824. The van der Waals surface area contributed by atoms with Gasteiger partial charge in [-0.2, -0.15) is 4.98 Å². The summed E-state index contributed by atoms with van der Waals surface area (Å²) in [6.45, 7) is 6.27. The molecule has 0 bridgehead atoms. The molecule has 0 aliphatic heterocycles. The summed E-state index contributed by atoms with van der Waals surface area (Å²) in [5.41, 5.74) is 0.790. The second-order valence-electron chi connectivity index (χ2n) is 4.20. The number of carboxylic acids is 1. The van der Waals surface area contributed by atoms with Crippen molar-refractivity contribution in [1.82, 2.24) is 9.97 Å². The summed E-state index contributed by atoms with van der Waals surface area (Å²) in [6, 6.07) is 1.75.